The number of rotatable bonds is 14. The maximum Gasteiger partial charge on any atom is 0.250 e. The van der Waals surface area contributed by atoms with Crippen molar-refractivity contribution in [2.75, 3.05) is 56.4 Å². The van der Waals surface area contributed by atoms with Gasteiger partial charge in [0.25, 0.3) is 5.91 Å². The van der Waals surface area contributed by atoms with Crippen LogP contribution in [0.15, 0.2) is 54.6 Å². The molecule has 186 valence electrons. The van der Waals surface area contributed by atoms with Gasteiger partial charge in [-0.3, -0.25) is 14.5 Å². The Morgan fingerprint density at radius 2 is 1.59 bits per heavy atom. The van der Waals surface area contributed by atoms with Crippen molar-refractivity contribution in [3.05, 3.63) is 54.6 Å². The normalized spacial score (nSPS) is 14.2. The van der Waals surface area contributed by atoms with E-state index in [1.807, 2.05) is 24.3 Å². The SMILES string of the molecule is CCCCCCCC(=O)N(OC)c1ccc(OCCCN2CCN(c3ccccc3)CC2)cc1. The predicted octanol–water partition coefficient (Wildman–Crippen LogP) is 5.53. The van der Waals surface area contributed by atoms with Gasteiger partial charge in [-0.15, -0.1) is 0 Å². The third-order valence-electron chi connectivity index (χ3n) is 6.36. The minimum absolute atomic E-state index is 0.0000262. The molecule has 0 aliphatic carbocycles. The number of carbonyl (C=O) groups excluding carboxylic acids is 1. The molecule has 6 nitrogen and oxygen atoms in total. The lowest BCUT2D eigenvalue weighted by molar-refractivity contribution is -0.124. The average molecular weight is 468 g/mol. The third-order valence-corrected chi connectivity index (χ3v) is 6.36. The Kier molecular flexibility index (Phi) is 11.2. The third kappa shape index (κ3) is 8.33. The summed E-state index contributed by atoms with van der Waals surface area (Å²) in [5.41, 5.74) is 2.05. The van der Waals surface area contributed by atoms with Crippen molar-refractivity contribution in [1.82, 2.24) is 4.90 Å². The number of piperazine rings is 1. The van der Waals surface area contributed by atoms with Crippen LogP contribution in [0.2, 0.25) is 0 Å². The molecule has 0 N–H and O–H groups in total. The van der Waals surface area contributed by atoms with Crippen LogP contribution in [0.3, 0.4) is 0 Å². The predicted molar refractivity (Wildman–Crippen MR) is 140 cm³/mol. The first-order chi connectivity index (χ1) is 16.7. The van der Waals surface area contributed by atoms with Crippen molar-refractivity contribution < 1.29 is 14.4 Å². The lowest BCUT2D eigenvalue weighted by Crippen LogP contribution is -2.46. The van der Waals surface area contributed by atoms with Crippen molar-refractivity contribution >= 4 is 17.3 Å². The van der Waals surface area contributed by atoms with Gasteiger partial charge < -0.3 is 9.64 Å². The van der Waals surface area contributed by atoms with Gasteiger partial charge in [0.05, 0.1) is 19.4 Å². The second kappa shape index (κ2) is 14.6. The maximum absolute atomic E-state index is 12.5. The van der Waals surface area contributed by atoms with Crippen LogP contribution < -0.4 is 14.7 Å². The van der Waals surface area contributed by atoms with Gasteiger partial charge in [0.2, 0.25) is 0 Å². The molecule has 1 heterocycles. The molecule has 1 aliphatic heterocycles. The Labute approximate surface area is 205 Å². The Balaban J connectivity index is 1.33. The minimum Gasteiger partial charge on any atom is -0.494 e. The second-order valence-corrected chi connectivity index (χ2v) is 8.90. The van der Waals surface area contributed by atoms with Crippen LogP contribution in [-0.4, -0.2) is 57.2 Å². The minimum atomic E-state index is 0.0000262. The molecule has 3 rings (SSSR count). The molecule has 1 aliphatic rings. The highest BCUT2D eigenvalue weighted by Crippen LogP contribution is 2.21. The van der Waals surface area contributed by atoms with Gasteiger partial charge >= 0.3 is 0 Å². The van der Waals surface area contributed by atoms with Crippen LogP contribution in [0, 0.1) is 0 Å². The Morgan fingerprint density at radius 3 is 2.26 bits per heavy atom. The van der Waals surface area contributed by atoms with Crippen LogP contribution in [0.25, 0.3) is 0 Å². The first kappa shape index (κ1) is 26.0. The maximum atomic E-state index is 12.5. The summed E-state index contributed by atoms with van der Waals surface area (Å²) >= 11 is 0. The van der Waals surface area contributed by atoms with E-state index in [1.165, 1.54) is 30.0 Å². The van der Waals surface area contributed by atoms with Crippen molar-refractivity contribution in [3.63, 3.8) is 0 Å². The van der Waals surface area contributed by atoms with Gasteiger partial charge in [0.1, 0.15) is 5.75 Å². The second-order valence-electron chi connectivity index (χ2n) is 8.90. The Hall–Kier alpha value is -2.57. The lowest BCUT2D eigenvalue weighted by Gasteiger charge is -2.36. The van der Waals surface area contributed by atoms with Crippen molar-refractivity contribution in [3.8, 4) is 5.75 Å². The first-order valence-corrected chi connectivity index (χ1v) is 12.8. The van der Waals surface area contributed by atoms with E-state index < -0.39 is 0 Å². The molecule has 34 heavy (non-hydrogen) atoms. The van der Waals surface area contributed by atoms with Gasteiger partial charge in [-0.05, 0) is 49.2 Å². The Morgan fingerprint density at radius 1 is 0.882 bits per heavy atom. The molecule has 0 bridgehead atoms. The average Bonchev–Trinajstić information content (AvgIpc) is 2.89. The molecule has 0 aromatic heterocycles. The highest BCUT2D eigenvalue weighted by Gasteiger charge is 2.17. The van der Waals surface area contributed by atoms with E-state index in [1.54, 1.807) is 7.11 Å². The number of anilines is 2. The fourth-order valence-corrected chi connectivity index (χ4v) is 4.36. The number of amides is 1. The van der Waals surface area contributed by atoms with Crippen LogP contribution in [0.5, 0.6) is 5.75 Å². The van der Waals surface area contributed by atoms with Crippen LogP contribution in [0.1, 0.15) is 51.9 Å². The number of unbranched alkanes of at least 4 members (excludes halogenated alkanes) is 4. The molecule has 6 heteroatoms. The molecule has 2 aromatic rings. The summed E-state index contributed by atoms with van der Waals surface area (Å²) in [4.78, 5) is 22.8. The number of hydrogen-bond donors (Lipinski definition) is 0. The fraction of sp³-hybridized carbons (Fsp3) is 0.536. The molecular formula is C28H41N3O3. The number of carbonyl (C=O) groups is 1. The summed E-state index contributed by atoms with van der Waals surface area (Å²) < 4.78 is 5.94. The zero-order chi connectivity index (χ0) is 24.0. The summed E-state index contributed by atoms with van der Waals surface area (Å²) in [7, 11) is 1.54. The van der Waals surface area contributed by atoms with E-state index >= 15 is 0 Å². The molecule has 0 atom stereocenters. The van der Waals surface area contributed by atoms with Gasteiger partial charge in [-0.25, -0.2) is 0 Å². The van der Waals surface area contributed by atoms with E-state index in [-0.39, 0.29) is 5.91 Å². The van der Waals surface area contributed by atoms with Crippen molar-refractivity contribution in [2.45, 2.75) is 51.9 Å². The van der Waals surface area contributed by atoms with Gasteiger partial charge in [-0.2, -0.15) is 5.06 Å². The zero-order valence-electron chi connectivity index (χ0n) is 21.0. The number of benzene rings is 2. The monoisotopic (exact) mass is 467 g/mol. The fourth-order valence-electron chi connectivity index (χ4n) is 4.36. The topological polar surface area (TPSA) is 45.3 Å². The van der Waals surface area contributed by atoms with Gasteiger partial charge in [0.15, 0.2) is 0 Å². The summed E-state index contributed by atoms with van der Waals surface area (Å²) in [6.07, 6.45) is 7.12. The molecule has 1 saturated heterocycles. The smallest absolute Gasteiger partial charge is 0.250 e. The summed E-state index contributed by atoms with van der Waals surface area (Å²) in [5, 5.41) is 1.39. The number of hydroxylamine groups is 1. The summed E-state index contributed by atoms with van der Waals surface area (Å²) in [5.74, 6) is 0.820. The molecule has 1 amide bonds. The molecule has 0 unspecified atom stereocenters. The highest BCUT2D eigenvalue weighted by molar-refractivity contribution is 5.91. The number of para-hydroxylation sites is 1. The highest BCUT2D eigenvalue weighted by atomic mass is 16.7. The van der Waals surface area contributed by atoms with E-state index in [0.717, 1.165) is 63.4 Å². The molecule has 0 saturated carbocycles. The lowest BCUT2D eigenvalue weighted by atomic mass is 10.1. The zero-order valence-corrected chi connectivity index (χ0v) is 21.0. The largest absolute Gasteiger partial charge is 0.494 e. The van der Waals surface area contributed by atoms with Gasteiger partial charge in [0, 0.05) is 44.8 Å². The van der Waals surface area contributed by atoms with Crippen molar-refractivity contribution in [1.29, 1.82) is 0 Å². The summed E-state index contributed by atoms with van der Waals surface area (Å²) in [6.45, 7) is 8.24. The standard InChI is InChI=1S/C28H41N3O3/c1-3-4-5-6-10-14-28(32)31(33-2)26-15-17-27(18-16-26)34-24-11-19-29-20-22-30(23-21-29)25-12-8-7-9-13-25/h7-9,12-13,15-18H,3-6,10-11,14,19-24H2,1-2H3. The Bertz CT molecular complexity index is 821. The first-order valence-electron chi connectivity index (χ1n) is 12.8. The van der Waals surface area contributed by atoms with E-state index in [4.69, 9.17) is 9.57 Å². The molecule has 1 fully saturated rings. The number of nitrogens with zero attached hydrogens (tertiary/aromatic N) is 3. The molecular weight excluding hydrogens is 426 g/mol. The van der Waals surface area contributed by atoms with Crippen LogP contribution in [-0.2, 0) is 9.63 Å². The summed E-state index contributed by atoms with van der Waals surface area (Å²) in [6, 6.07) is 18.2. The molecule has 2 aromatic carbocycles. The van der Waals surface area contributed by atoms with Crippen molar-refractivity contribution in [2.24, 2.45) is 0 Å². The number of ether oxygens (including phenoxy) is 1. The van der Waals surface area contributed by atoms with Crippen LogP contribution in [0.4, 0.5) is 11.4 Å². The van der Waals surface area contributed by atoms with E-state index in [9.17, 15) is 4.79 Å². The molecule has 0 spiro atoms. The van der Waals surface area contributed by atoms with E-state index in [0.29, 0.717) is 13.0 Å². The van der Waals surface area contributed by atoms with Crippen LogP contribution >= 0.6 is 0 Å². The molecule has 0 radical (unpaired) electrons. The van der Waals surface area contributed by atoms with Gasteiger partial charge in [-0.1, -0.05) is 50.8 Å². The van der Waals surface area contributed by atoms with E-state index in [2.05, 4.69) is 47.1 Å². The quantitative estimate of drug-likeness (QED) is 0.270. The number of hydrogen-bond acceptors (Lipinski definition) is 5.